The number of pyridine rings is 1. The molecule has 0 aliphatic heterocycles. The quantitative estimate of drug-likeness (QED) is 0.544. The molecule has 0 spiro atoms. The number of nitro groups is 1. The van der Waals surface area contributed by atoms with Crippen LogP contribution >= 0.6 is 0 Å². The molecule has 0 unspecified atom stereocenters. The number of hydrogen-bond donors (Lipinski definition) is 1. The third-order valence-corrected chi connectivity index (χ3v) is 5.25. The molecule has 0 aliphatic rings. The highest BCUT2D eigenvalue weighted by atomic mass is 32.2. The minimum atomic E-state index is -4.17. The van der Waals surface area contributed by atoms with E-state index in [-0.39, 0.29) is 0 Å². The average molecular weight is 371 g/mol. The van der Waals surface area contributed by atoms with Crippen molar-refractivity contribution in [1.82, 2.24) is 4.98 Å². The van der Waals surface area contributed by atoms with Crippen molar-refractivity contribution in [2.45, 2.75) is 4.90 Å². The van der Waals surface area contributed by atoms with Crippen LogP contribution in [-0.4, -0.2) is 30.0 Å². The van der Waals surface area contributed by atoms with Crippen molar-refractivity contribution in [3.63, 3.8) is 0 Å². The van der Waals surface area contributed by atoms with Gasteiger partial charge in [-0.15, -0.1) is 0 Å². The number of carbonyl (C=O) groups is 1. The van der Waals surface area contributed by atoms with Crippen molar-refractivity contribution in [3.8, 4) is 0 Å². The Hall–Kier alpha value is -3.33. The summed E-state index contributed by atoms with van der Waals surface area (Å²) in [6, 6.07) is 13.8. The Labute approximate surface area is 148 Å². The van der Waals surface area contributed by atoms with E-state index >= 15 is 0 Å². The number of sulfone groups is 1. The summed E-state index contributed by atoms with van der Waals surface area (Å²) in [4.78, 5) is 26.0. The Morgan fingerprint density at radius 1 is 1.12 bits per heavy atom. The first-order chi connectivity index (χ1) is 12.4. The molecular weight excluding hydrogens is 358 g/mol. The lowest BCUT2D eigenvalue weighted by atomic mass is 10.2. The van der Waals surface area contributed by atoms with Gasteiger partial charge in [0.1, 0.15) is 10.6 Å². The Morgan fingerprint density at radius 3 is 2.58 bits per heavy atom. The average Bonchev–Trinajstić information content (AvgIpc) is 2.61. The third-order valence-electron chi connectivity index (χ3n) is 3.59. The molecule has 0 radical (unpaired) electrons. The van der Waals surface area contributed by atoms with E-state index in [2.05, 4.69) is 10.3 Å². The number of fused-ring (bicyclic) bond motifs is 1. The number of anilines is 1. The summed E-state index contributed by atoms with van der Waals surface area (Å²) in [7, 11) is -4.17. The summed E-state index contributed by atoms with van der Waals surface area (Å²) in [5.41, 5.74) is 0.511. The number of aromatic nitrogens is 1. The molecule has 0 saturated carbocycles. The molecule has 132 valence electrons. The van der Waals surface area contributed by atoms with E-state index in [9.17, 15) is 23.3 Å². The van der Waals surface area contributed by atoms with Gasteiger partial charge >= 0.3 is 0 Å². The van der Waals surface area contributed by atoms with Crippen LogP contribution in [0.15, 0.2) is 65.7 Å². The largest absolute Gasteiger partial charge is 0.324 e. The molecule has 2 aromatic carbocycles. The standard InChI is InChI=1S/C17H13N3O5S/c21-17(19-13-9-12-5-1-2-6-14(12)18-10-13)11-26(24,25)16-8-4-3-7-15(16)20(22)23/h1-10H,11H2,(H,19,21). The van der Waals surface area contributed by atoms with Gasteiger partial charge in [0.05, 0.1) is 22.3 Å². The zero-order valence-electron chi connectivity index (χ0n) is 13.3. The van der Waals surface area contributed by atoms with Gasteiger partial charge in [-0.3, -0.25) is 19.9 Å². The van der Waals surface area contributed by atoms with Gasteiger partial charge in [0, 0.05) is 11.5 Å². The van der Waals surface area contributed by atoms with Crippen LogP contribution in [0.2, 0.25) is 0 Å². The Balaban J connectivity index is 1.81. The molecule has 26 heavy (non-hydrogen) atoms. The molecule has 3 rings (SSSR count). The normalized spacial score (nSPS) is 11.2. The number of hydrogen-bond acceptors (Lipinski definition) is 6. The predicted molar refractivity (Wildman–Crippen MR) is 95.5 cm³/mol. The SMILES string of the molecule is O=C(CS(=O)(=O)c1ccccc1[N+](=O)[O-])Nc1cnc2ccccc2c1. The van der Waals surface area contributed by atoms with Crippen LogP contribution in [0.4, 0.5) is 11.4 Å². The summed E-state index contributed by atoms with van der Waals surface area (Å²) in [5, 5.41) is 14.2. The van der Waals surface area contributed by atoms with Crippen LogP contribution in [0.5, 0.6) is 0 Å². The lowest BCUT2D eigenvalue weighted by molar-refractivity contribution is -0.387. The van der Waals surface area contributed by atoms with Crippen molar-refractivity contribution in [2.75, 3.05) is 11.1 Å². The second-order valence-electron chi connectivity index (χ2n) is 5.45. The highest BCUT2D eigenvalue weighted by Crippen LogP contribution is 2.24. The highest BCUT2D eigenvalue weighted by molar-refractivity contribution is 7.92. The third kappa shape index (κ3) is 3.67. The molecule has 0 saturated heterocycles. The predicted octanol–water partition coefficient (Wildman–Crippen LogP) is 2.56. The van der Waals surface area contributed by atoms with Crippen LogP contribution in [0.1, 0.15) is 0 Å². The van der Waals surface area contributed by atoms with Gasteiger partial charge < -0.3 is 5.32 Å². The molecule has 1 aromatic heterocycles. The molecule has 1 N–H and O–H groups in total. The van der Waals surface area contributed by atoms with E-state index in [4.69, 9.17) is 0 Å². The molecule has 1 heterocycles. The molecule has 0 bridgehead atoms. The first kappa shape index (κ1) is 17.5. The highest BCUT2D eigenvalue weighted by Gasteiger charge is 2.27. The number of para-hydroxylation sites is 2. The van der Waals surface area contributed by atoms with E-state index in [0.29, 0.717) is 5.69 Å². The zero-order valence-corrected chi connectivity index (χ0v) is 14.1. The fourth-order valence-electron chi connectivity index (χ4n) is 2.46. The molecular formula is C17H13N3O5S. The summed E-state index contributed by atoms with van der Waals surface area (Å²) in [6.07, 6.45) is 1.41. The zero-order chi connectivity index (χ0) is 18.7. The molecule has 0 fully saturated rings. The fraction of sp³-hybridized carbons (Fsp3) is 0.0588. The summed E-state index contributed by atoms with van der Waals surface area (Å²) >= 11 is 0. The smallest absolute Gasteiger partial charge is 0.287 e. The minimum absolute atomic E-state index is 0.339. The van der Waals surface area contributed by atoms with Crippen molar-refractivity contribution in [1.29, 1.82) is 0 Å². The van der Waals surface area contributed by atoms with Gasteiger partial charge in [-0.25, -0.2) is 8.42 Å². The number of amides is 1. The van der Waals surface area contributed by atoms with Gasteiger partial charge in [-0.2, -0.15) is 0 Å². The van der Waals surface area contributed by atoms with Gasteiger partial charge in [0.15, 0.2) is 9.84 Å². The Bertz CT molecular complexity index is 1110. The van der Waals surface area contributed by atoms with Gasteiger partial charge in [0.25, 0.3) is 5.69 Å². The monoisotopic (exact) mass is 371 g/mol. The maximum Gasteiger partial charge on any atom is 0.287 e. The number of benzene rings is 2. The minimum Gasteiger partial charge on any atom is -0.324 e. The first-order valence-corrected chi connectivity index (χ1v) is 9.13. The van der Waals surface area contributed by atoms with E-state index < -0.39 is 37.0 Å². The Morgan fingerprint density at radius 2 is 1.81 bits per heavy atom. The first-order valence-electron chi connectivity index (χ1n) is 7.48. The van der Waals surface area contributed by atoms with Crippen molar-refractivity contribution < 1.29 is 18.1 Å². The fourth-order valence-corrected chi connectivity index (χ4v) is 3.78. The van der Waals surface area contributed by atoms with Crippen LogP contribution in [0, 0.1) is 10.1 Å². The van der Waals surface area contributed by atoms with Gasteiger partial charge in [-0.1, -0.05) is 30.3 Å². The second-order valence-corrected chi connectivity index (χ2v) is 7.41. The summed E-state index contributed by atoms with van der Waals surface area (Å²) in [5.74, 6) is -1.72. The topological polar surface area (TPSA) is 119 Å². The second kappa shape index (κ2) is 6.89. The number of nitrogens with one attached hydrogen (secondary N) is 1. The van der Waals surface area contributed by atoms with Crippen LogP contribution in [-0.2, 0) is 14.6 Å². The molecule has 1 amide bonds. The van der Waals surface area contributed by atoms with E-state index in [0.717, 1.165) is 23.0 Å². The molecule has 8 nitrogen and oxygen atoms in total. The Kier molecular flexibility index (Phi) is 4.63. The van der Waals surface area contributed by atoms with E-state index in [1.165, 1.54) is 18.3 Å². The van der Waals surface area contributed by atoms with Crippen LogP contribution < -0.4 is 5.32 Å². The van der Waals surface area contributed by atoms with Crippen molar-refractivity contribution in [3.05, 3.63) is 70.9 Å². The van der Waals surface area contributed by atoms with Gasteiger partial charge in [0.2, 0.25) is 5.91 Å². The lowest BCUT2D eigenvalue weighted by Crippen LogP contribution is -2.23. The molecule has 0 atom stereocenters. The van der Waals surface area contributed by atoms with Crippen LogP contribution in [0.25, 0.3) is 10.9 Å². The van der Waals surface area contributed by atoms with E-state index in [1.807, 2.05) is 18.2 Å². The molecule has 0 aliphatic carbocycles. The number of nitrogens with zero attached hydrogens (tertiary/aromatic N) is 2. The van der Waals surface area contributed by atoms with E-state index in [1.54, 1.807) is 12.1 Å². The number of carbonyl (C=O) groups excluding carboxylic acids is 1. The maximum atomic E-state index is 12.4. The van der Waals surface area contributed by atoms with Crippen LogP contribution in [0.3, 0.4) is 0 Å². The summed E-state index contributed by atoms with van der Waals surface area (Å²) in [6.45, 7) is 0. The van der Waals surface area contributed by atoms with Crippen molar-refractivity contribution >= 4 is 38.0 Å². The summed E-state index contributed by atoms with van der Waals surface area (Å²) < 4.78 is 24.8. The maximum absolute atomic E-state index is 12.4. The number of nitro benzene ring substituents is 1. The molecule has 9 heteroatoms. The van der Waals surface area contributed by atoms with Crippen molar-refractivity contribution in [2.24, 2.45) is 0 Å². The number of rotatable bonds is 5. The lowest BCUT2D eigenvalue weighted by Gasteiger charge is -2.07. The molecule has 3 aromatic rings. The van der Waals surface area contributed by atoms with Gasteiger partial charge in [-0.05, 0) is 18.2 Å².